The minimum atomic E-state index is -0.155. The monoisotopic (exact) mass is 326 g/mol. The molecule has 0 saturated heterocycles. The van der Waals surface area contributed by atoms with Crippen LogP contribution in [-0.4, -0.2) is 37.4 Å². The molecule has 126 valence electrons. The molecule has 0 spiro atoms. The first-order valence-electron chi connectivity index (χ1n) is 7.77. The molecule has 0 bridgehead atoms. The van der Waals surface area contributed by atoms with Gasteiger partial charge in [-0.1, -0.05) is 24.3 Å². The molecule has 0 radical (unpaired) electrons. The first kappa shape index (κ1) is 17.5. The van der Waals surface area contributed by atoms with Gasteiger partial charge in [0, 0.05) is 25.3 Å². The maximum atomic E-state index is 12.0. The molecule has 24 heavy (non-hydrogen) atoms. The summed E-state index contributed by atoms with van der Waals surface area (Å²) in [5.74, 6) is 0.524. The second-order valence-corrected chi connectivity index (χ2v) is 5.69. The van der Waals surface area contributed by atoms with Gasteiger partial charge in [-0.3, -0.25) is 9.59 Å². The van der Waals surface area contributed by atoms with E-state index in [0.717, 1.165) is 11.3 Å². The van der Waals surface area contributed by atoms with Crippen molar-refractivity contribution in [2.75, 3.05) is 26.0 Å². The van der Waals surface area contributed by atoms with E-state index in [9.17, 15) is 9.59 Å². The summed E-state index contributed by atoms with van der Waals surface area (Å²) in [6.07, 6.45) is 0.236. The quantitative estimate of drug-likeness (QED) is 0.887. The van der Waals surface area contributed by atoms with Gasteiger partial charge in [-0.05, 0) is 36.8 Å². The summed E-state index contributed by atoms with van der Waals surface area (Å²) in [5.41, 5.74) is 2.17. The molecular weight excluding hydrogens is 304 g/mol. The number of carbonyl (C=O) groups excluding carboxylic acids is 2. The Morgan fingerprint density at radius 1 is 1.08 bits per heavy atom. The SMILES string of the molecule is Cc1ccccc1OCCC(=O)Nc1cccc(C(=O)N(C)C)c1. The summed E-state index contributed by atoms with van der Waals surface area (Å²) in [5, 5.41) is 2.79. The van der Waals surface area contributed by atoms with Crippen molar-refractivity contribution in [2.45, 2.75) is 13.3 Å². The molecule has 2 amide bonds. The van der Waals surface area contributed by atoms with E-state index in [4.69, 9.17) is 4.74 Å². The van der Waals surface area contributed by atoms with Crippen molar-refractivity contribution in [1.82, 2.24) is 4.90 Å². The second-order valence-electron chi connectivity index (χ2n) is 5.69. The average Bonchev–Trinajstić information content (AvgIpc) is 2.56. The molecule has 2 rings (SSSR count). The number of hydrogen-bond acceptors (Lipinski definition) is 3. The maximum absolute atomic E-state index is 12.0. The molecule has 1 N–H and O–H groups in total. The standard InChI is InChI=1S/C19H22N2O3/c1-14-7-4-5-10-17(14)24-12-11-18(22)20-16-9-6-8-15(13-16)19(23)21(2)3/h4-10,13H,11-12H2,1-3H3,(H,20,22). The Labute approximate surface area is 142 Å². The van der Waals surface area contributed by atoms with Gasteiger partial charge in [0.25, 0.3) is 5.91 Å². The van der Waals surface area contributed by atoms with Gasteiger partial charge in [0.2, 0.25) is 5.91 Å². The number of nitrogens with zero attached hydrogens (tertiary/aromatic N) is 1. The normalized spacial score (nSPS) is 10.1. The molecule has 0 aliphatic carbocycles. The van der Waals surface area contributed by atoms with Crippen LogP contribution in [0.1, 0.15) is 22.3 Å². The van der Waals surface area contributed by atoms with E-state index in [-0.39, 0.29) is 18.2 Å². The summed E-state index contributed by atoms with van der Waals surface area (Å²) in [4.78, 5) is 25.4. The maximum Gasteiger partial charge on any atom is 0.253 e. The zero-order valence-corrected chi connectivity index (χ0v) is 14.2. The van der Waals surface area contributed by atoms with Crippen LogP contribution in [0.5, 0.6) is 5.75 Å². The van der Waals surface area contributed by atoms with E-state index < -0.39 is 0 Å². The number of aryl methyl sites for hydroxylation is 1. The largest absolute Gasteiger partial charge is 0.493 e. The lowest BCUT2D eigenvalue weighted by Gasteiger charge is -2.12. The van der Waals surface area contributed by atoms with Gasteiger partial charge >= 0.3 is 0 Å². The smallest absolute Gasteiger partial charge is 0.253 e. The molecule has 0 aliphatic rings. The Kier molecular flexibility index (Phi) is 5.95. The van der Waals surface area contributed by atoms with Crippen molar-refractivity contribution in [3.8, 4) is 5.75 Å². The van der Waals surface area contributed by atoms with E-state index in [0.29, 0.717) is 17.9 Å². The van der Waals surface area contributed by atoms with E-state index in [2.05, 4.69) is 5.32 Å². The summed E-state index contributed by atoms with van der Waals surface area (Å²) < 4.78 is 5.62. The second kappa shape index (κ2) is 8.15. The Morgan fingerprint density at radius 3 is 2.54 bits per heavy atom. The molecule has 5 nitrogen and oxygen atoms in total. The highest BCUT2D eigenvalue weighted by molar-refractivity contribution is 5.97. The zero-order chi connectivity index (χ0) is 17.5. The summed E-state index contributed by atoms with van der Waals surface area (Å²) in [6.45, 7) is 2.26. The first-order chi connectivity index (χ1) is 11.5. The minimum Gasteiger partial charge on any atom is -0.493 e. The molecule has 2 aromatic carbocycles. The third kappa shape index (κ3) is 4.84. The van der Waals surface area contributed by atoms with Gasteiger partial charge < -0.3 is 15.0 Å². The Morgan fingerprint density at radius 2 is 1.83 bits per heavy atom. The molecular formula is C19H22N2O3. The number of ether oxygens (including phenoxy) is 1. The van der Waals surface area contributed by atoms with Crippen molar-refractivity contribution in [1.29, 1.82) is 0 Å². The van der Waals surface area contributed by atoms with Crippen LogP contribution in [0, 0.1) is 6.92 Å². The van der Waals surface area contributed by atoms with E-state index in [1.807, 2.05) is 31.2 Å². The van der Waals surface area contributed by atoms with Crippen LogP contribution in [0.4, 0.5) is 5.69 Å². The predicted octanol–water partition coefficient (Wildman–Crippen LogP) is 3.10. The van der Waals surface area contributed by atoms with Crippen molar-refractivity contribution < 1.29 is 14.3 Å². The lowest BCUT2D eigenvalue weighted by molar-refractivity contribution is -0.116. The lowest BCUT2D eigenvalue weighted by atomic mass is 10.2. The number of benzene rings is 2. The van der Waals surface area contributed by atoms with Gasteiger partial charge in [-0.15, -0.1) is 0 Å². The van der Waals surface area contributed by atoms with Crippen LogP contribution in [0.25, 0.3) is 0 Å². The van der Waals surface area contributed by atoms with Crippen molar-refractivity contribution in [3.63, 3.8) is 0 Å². The number of anilines is 1. The van der Waals surface area contributed by atoms with Gasteiger partial charge in [0.1, 0.15) is 5.75 Å². The highest BCUT2D eigenvalue weighted by atomic mass is 16.5. The Bertz CT molecular complexity index is 726. The van der Waals surface area contributed by atoms with Crippen molar-refractivity contribution in [3.05, 3.63) is 59.7 Å². The van der Waals surface area contributed by atoms with E-state index in [1.165, 1.54) is 4.90 Å². The average molecular weight is 326 g/mol. The zero-order valence-electron chi connectivity index (χ0n) is 14.2. The first-order valence-corrected chi connectivity index (χ1v) is 7.77. The fourth-order valence-corrected chi connectivity index (χ4v) is 2.18. The minimum absolute atomic E-state index is 0.103. The number of amides is 2. The van der Waals surface area contributed by atoms with Crippen LogP contribution < -0.4 is 10.1 Å². The lowest BCUT2D eigenvalue weighted by Crippen LogP contribution is -2.22. The van der Waals surface area contributed by atoms with Gasteiger partial charge in [0.15, 0.2) is 0 Å². The summed E-state index contributed by atoms with van der Waals surface area (Å²) in [6, 6.07) is 14.6. The molecule has 0 aromatic heterocycles. The predicted molar refractivity (Wildman–Crippen MR) is 94.4 cm³/mol. The molecule has 5 heteroatoms. The van der Waals surface area contributed by atoms with Crippen LogP contribution >= 0.6 is 0 Å². The molecule has 0 atom stereocenters. The van der Waals surface area contributed by atoms with Gasteiger partial charge in [-0.2, -0.15) is 0 Å². The number of carbonyl (C=O) groups is 2. The summed E-state index contributed by atoms with van der Waals surface area (Å²) in [7, 11) is 3.38. The molecule has 0 aliphatic heterocycles. The number of hydrogen-bond donors (Lipinski definition) is 1. The van der Waals surface area contributed by atoms with Crippen molar-refractivity contribution in [2.24, 2.45) is 0 Å². The van der Waals surface area contributed by atoms with Crippen molar-refractivity contribution >= 4 is 17.5 Å². The number of para-hydroxylation sites is 1. The fraction of sp³-hybridized carbons (Fsp3) is 0.263. The van der Waals surface area contributed by atoms with Crippen LogP contribution in [0.3, 0.4) is 0 Å². The molecule has 0 fully saturated rings. The molecule has 2 aromatic rings. The Balaban J connectivity index is 1.87. The topological polar surface area (TPSA) is 58.6 Å². The number of nitrogens with one attached hydrogen (secondary N) is 1. The van der Waals surface area contributed by atoms with Crippen LogP contribution in [-0.2, 0) is 4.79 Å². The highest BCUT2D eigenvalue weighted by Crippen LogP contribution is 2.16. The number of rotatable bonds is 6. The van der Waals surface area contributed by atoms with E-state index >= 15 is 0 Å². The molecule has 0 heterocycles. The fourth-order valence-electron chi connectivity index (χ4n) is 2.18. The van der Waals surface area contributed by atoms with Gasteiger partial charge in [0.05, 0.1) is 13.0 Å². The van der Waals surface area contributed by atoms with E-state index in [1.54, 1.807) is 38.4 Å². The van der Waals surface area contributed by atoms with Crippen LogP contribution in [0.2, 0.25) is 0 Å². The highest BCUT2D eigenvalue weighted by Gasteiger charge is 2.09. The Hall–Kier alpha value is -2.82. The third-order valence-corrected chi connectivity index (χ3v) is 3.48. The van der Waals surface area contributed by atoms with Crippen LogP contribution in [0.15, 0.2) is 48.5 Å². The summed E-state index contributed by atoms with van der Waals surface area (Å²) >= 11 is 0. The molecule has 0 unspecified atom stereocenters. The third-order valence-electron chi connectivity index (χ3n) is 3.48. The van der Waals surface area contributed by atoms with Gasteiger partial charge in [-0.25, -0.2) is 0 Å². The molecule has 0 saturated carbocycles.